The van der Waals surface area contributed by atoms with Gasteiger partial charge < -0.3 is 24.4 Å². The molecule has 1 unspecified atom stereocenters. The lowest BCUT2D eigenvalue weighted by molar-refractivity contribution is -0.123. The van der Waals surface area contributed by atoms with Gasteiger partial charge in [-0.15, -0.1) is 0 Å². The zero-order valence-electron chi connectivity index (χ0n) is 15.1. The van der Waals surface area contributed by atoms with Gasteiger partial charge in [0, 0.05) is 25.1 Å². The van der Waals surface area contributed by atoms with E-state index in [2.05, 4.69) is 5.32 Å². The number of nitrogens with one attached hydrogen (secondary N) is 1. The summed E-state index contributed by atoms with van der Waals surface area (Å²) in [5, 5.41) is 2.84. The highest BCUT2D eigenvalue weighted by Gasteiger charge is 2.21. The minimum Gasteiger partial charge on any atom is -0.493 e. The molecule has 1 atom stereocenters. The van der Waals surface area contributed by atoms with Crippen LogP contribution >= 0.6 is 0 Å². The van der Waals surface area contributed by atoms with Crippen molar-refractivity contribution in [3.05, 3.63) is 12.1 Å². The van der Waals surface area contributed by atoms with Crippen LogP contribution in [0.5, 0.6) is 17.2 Å². The number of amides is 2. The summed E-state index contributed by atoms with van der Waals surface area (Å²) in [5.41, 5.74) is 0.497. The Morgan fingerprint density at radius 2 is 1.67 bits per heavy atom. The highest BCUT2D eigenvalue weighted by atomic mass is 16.5. The van der Waals surface area contributed by atoms with Crippen molar-refractivity contribution in [3.8, 4) is 17.2 Å². The number of hydrogen-bond donors (Lipinski definition) is 1. The first-order chi connectivity index (χ1) is 11.4. The lowest BCUT2D eigenvalue weighted by Gasteiger charge is -2.24. The summed E-state index contributed by atoms with van der Waals surface area (Å²) in [6, 6.07) is 3.32. The SMILES string of the molecule is CCC(C)NC(=O)CN(C(C)=O)c1cc(OC)c(OC)c(OC)c1. The number of anilines is 1. The van der Waals surface area contributed by atoms with Crippen LogP contribution < -0.4 is 24.4 Å². The summed E-state index contributed by atoms with van der Waals surface area (Å²) in [5.74, 6) is 0.772. The quantitative estimate of drug-likeness (QED) is 0.784. The lowest BCUT2D eigenvalue weighted by atomic mass is 10.2. The van der Waals surface area contributed by atoms with E-state index in [0.717, 1.165) is 6.42 Å². The fourth-order valence-electron chi connectivity index (χ4n) is 2.17. The van der Waals surface area contributed by atoms with Crippen LogP contribution in [0, 0.1) is 0 Å². The van der Waals surface area contributed by atoms with Crippen LogP contribution in [0.25, 0.3) is 0 Å². The third-order valence-electron chi connectivity index (χ3n) is 3.66. The molecule has 1 N–H and O–H groups in total. The van der Waals surface area contributed by atoms with Crippen molar-refractivity contribution in [1.29, 1.82) is 0 Å². The van der Waals surface area contributed by atoms with E-state index in [-0.39, 0.29) is 24.4 Å². The topological polar surface area (TPSA) is 77.1 Å². The van der Waals surface area contributed by atoms with E-state index in [1.54, 1.807) is 12.1 Å². The number of rotatable bonds is 8. The van der Waals surface area contributed by atoms with E-state index in [4.69, 9.17) is 14.2 Å². The Balaban J connectivity index is 3.17. The molecule has 7 heteroatoms. The van der Waals surface area contributed by atoms with Crippen LogP contribution in [-0.2, 0) is 9.59 Å². The fourth-order valence-corrected chi connectivity index (χ4v) is 2.17. The molecular formula is C17H26N2O5. The van der Waals surface area contributed by atoms with Gasteiger partial charge in [0.05, 0.1) is 27.0 Å². The molecule has 0 saturated carbocycles. The van der Waals surface area contributed by atoms with E-state index in [9.17, 15) is 9.59 Å². The Morgan fingerprint density at radius 1 is 1.12 bits per heavy atom. The second kappa shape index (κ2) is 9.00. The molecule has 1 aromatic rings. The maximum absolute atomic E-state index is 12.1. The molecule has 0 aromatic heterocycles. The molecule has 0 heterocycles. The molecule has 0 saturated heterocycles. The molecule has 0 spiro atoms. The van der Waals surface area contributed by atoms with Gasteiger partial charge in [-0.25, -0.2) is 0 Å². The normalized spacial score (nSPS) is 11.4. The largest absolute Gasteiger partial charge is 0.493 e. The van der Waals surface area contributed by atoms with Crippen LogP contribution in [0.2, 0.25) is 0 Å². The molecule has 0 aliphatic rings. The minimum atomic E-state index is -0.261. The summed E-state index contributed by atoms with van der Waals surface area (Å²) in [7, 11) is 4.49. The van der Waals surface area contributed by atoms with Gasteiger partial charge in [0.15, 0.2) is 11.5 Å². The Morgan fingerprint density at radius 3 is 2.04 bits per heavy atom. The molecule has 7 nitrogen and oxygen atoms in total. The third kappa shape index (κ3) is 4.78. The summed E-state index contributed by atoms with van der Waals surface area (Å²) >= 11 is 0. The Hall–Kier alpha value is -2.44. The van der Waals surface area contributed by atoms with E-state index in [0.29, 0.717) is 22.9 Å². The first kappa shape index (κ1) is 19.6. The van der Waals surface area contributed by atoms with Crippen LogP contribution in [0.15, 0.2) is 12.1 Å². The average Bonchev–Trinajstić information content (AvgIpc) is 2.57. The van der Waals surface area contributed by atoms with Gasteiger partial charge >= 0.3 is 0 Å². The van der Waals surface area contributed by atoms with Gasteiger partial charge in [-0.05, 0) is 13.3 Å². The van der Waals surface area contributed by atoms with E-state index < -0.39 is 0 Å². The van der Waals surface area contributed by atoms with E-state index in [1.807, 2.05) is 13.8 Å². The van der Waals surface area contributed by atoms with Crippen molar-refractivity contribution in [3.63, 3.8) is 0 Å². The molecule has 0 radical (unpaired) electrons. The molecule has 1 rings (SSSR count). The van der Waals surface area contributed by atoms with Gasteiger partial charge in [0.1, 0.15) is 6.54 Å². The smallest absolute Gasteiger partial charge is 0.240 e. The van der Waals surface area contributed by atoms with Crippen LogP contribution in [-0.4, -0.2) is 45.7 Å². The van der Waals surface area contributed by atoms with Crippen molar-refractivity contribution in [2.24, 2.45) is 0 Å². The average molecular weight is 338 g/mol. The van der Waals surface area contributed by atoms with Crippen molar-refractivity contribution in [1.82, 2.24) is 5.32 Å². The molecule has 0 aliphatic carbocycles. The minimum absolute atomic E-state index is 0.0475. The summed E-state index contributed by atoms with van der Waals surface area (Å²) in [6.07, 6.45) is 0.815. The highest BCUT2D eigenvalue weighted by Crippen LogP contribution is 2.41. The van der Waals surface area contributed by atoms with E-state index in [1.165, 1.54) is 33.2 Å². The second-order valence-electron chi connectivity index (χ2n) is 5.37. The number of methoxy groups -OCH3 is 3. The number of nitrogens with zero attached hydrogens (tertiary/aromatic N) is 1. The molecule has 2 amide bonds. The maximum Gasteiger partial charge on any atom is 0.240 e. The molecule has 1 aromatic carbocycles. The van der Waals surface area contributed by atoms with Crippen molar-refractivity contribution in [2.45, 2.75) is 33.2 Å². The Labute approximate surface area is 142 Å². The van der Waals surface area contributed by atoms with Crippen LogP contribution in [0.4, 0.5) is 5.69 Å². The number of carbonyl (C=O) groups excluding carboxylic acids is 2. The first-order valence-corrected chi connectivity index (χ1v) is 7.75. The molecule has 24 heavy (non-hydrogen) atoms. The number of benzene rings is 1. The number of carbonyl (C=O) groups is 2. The zero-order chi connectivity index (χ0) is 18.3. The van der Waals surface area contributed by atoms with Gasteiger partial charge in [0.25, 0.3) is 0 Å². The predicted octanol–water partition coefficient (Wildman–Crippen LogP) is 1.98. The maximum atomic E-state index is 12.1. The molecule has 0 aliphatic heterocycles. The monoisotopic (exact) mass is 338 g/mol. The van der Waals surface area contributed by atoms with Crippen LogP contribution in [0.1, 0.15) is 27.2 Å². The first-order valence-electron chi connectivity index (χ1n) is 7.75. The molecule has 0 fully saturated rings. The van der Waals surface area contributed by atoms with E-state index >= 15 is 0 Å². The summed E-state index contributed by atoms with van der Waals surface area (Å²) in [4.78, 5) is 25.5. The standard InChI is InChI=1S/C17H26N2O5/c1-7-11(2)18-16(21)10-19(12(3)20)13-8-14(22-4)17(24-6)15(9-13)23-5/h8-9,11H,7,10H2,1-6H3,(H,18,21). The second-order valence-corrected chi connectivity index (χ2v) is 5.37. The Bertz CT molecular complexity index is 563. The lowest BCUT2D eigenvalue weighted by Crippen LogP contribution is -2.42. The van der Waals surface area contributed by atoms with Crippen molar-refractivity contribution < 1.29 is 23.8 Å². The van der Waals surface area contributed by atoms with Crippen molar-refractivity contribution in [2.75, 3.05) is 32.8 Å². The molecular weight excluding hydrogens is 312 g/mol. The molecule has 134 valence electrons. The van der Waals surface area contributed by atoms with Gasteiger partial charge in [-0.3, -0.25) is 9.59 Å². The fraction of sp³-hybridized carbons (Fsp3) is 0.529. The summed E-state index contributed by atoms with van der Waals surface area (Å²) < 4.78 is 15.9. The predicted molar refractivity (Wildman–Crippen MR) is 92.0 cm³/mol. The zero-order valence-corrected chi connectivity index (χ0v) is 15.1. The van der Waals surface area contributed by atoms with Gasteiger partial charge in [-0.2, -0.15) is 0 Å². The van der Waals surface area contributed by atoms with Crippen molar-refractivity contribution >= 4 is 17.5 Å². The molecule has 0 bridgehead atoms. The number of hydrogen-bond acceptors (Lipinski definition) is 5. The van der Waals surface area contributed by atoms with Crippen LogP contribution in [0.3, 0.4) is 0 Å². The number of ether oxygens (including phenoxy) is 3. The highest BCUT2D eigenvalue weighted by molar-refractivity contribution is 5.98. The Kier molecular flexibility index (Phi) is 7.35. The van der Waals surface area contributed by atoms with Gasteiger partial charge in [0.2, 0.25) is 17.6 Å². The third-order valence-corrected chi connectivity index (χ3v) is 3.66. The van der Waals surface area contributed by atoms with Gasteiger partial charge in [-0.1, -0.05) is 6.92 Å². The summed E-state index contributed by atoms with van der Waals surface area (Å²) in [6.45, 7) is 5.21.